The molecule has 80 valence electrons. The van der Waals surface area contributed by atoms with Crippen molar-refractivity contribution in [1.82, 2.24) is 4.98 Å². The van der Waals surface area contributed by atoms with Crippen LogP contribution in [0.5, 0.6) is 0 Å². The van der Waals surface area contributed by atoms with Crippen molar-refractivity contribution in [2.75, 3.05) is 5.32 Å². The Morgan fingerprint density at radius 1 is 1.40 bits per heavy atom. The van der Waals surface area contributed by atoms with Gasteiger partial charge in [0, 0.05) is 6.42 Å². The minimum atomic E-state index is -1.01. The Hall–Kier alpha value is -1.62. The minimum absolute atomic E-state index is 0.0798. The molecule has 1 aromatic rings. The van der Waals surface area contributed by atoms with Crippen LogP contribution in [0.25, 0.3) is 0 Å². The SMILES string of the molecule is O=C(O)CCC(=O)Nc1cccc(Cl)n1. The summed E-state index contributed by atoms with van der Waals surface area (Å²) in [6.45, 7) is 0. The van der Waals surface area contributed by atoms with Gasteiger partial charge in [0.2, 0.25) is 5.91 Å². The molecule has 5 nitrogen and oxygen atoms in total. The van der Waals surface area contributed by atoms with Gasteiger partial charge in [-0.1, -0.05) is 17.7 Å². The van der Waals surface area contributed by atoms with Gasteiger partial charge in [-0.15, -0.1) is 0 Å². The number of pyridine rings is 1. The van der Waals surface area contributed by atoms with Crippen molar-refractivity contribution in [3.8, 4) is 0 Å². The number of anilines is 1. The molecular weight excluding hydrogens is 220 g/mol. The quantitative estimate of drug-likeness (QED) is 0.766. The first-order chi connectivity index (χ1) is 7.08. The van der Waals surface area contributed by atoms with Crippen molar-refractivity contribution in [3.05, 3.63) is 23.4 Å². The van der Waals surface area contributed by atoms with Gasteiger partial charge in [0.1, 0.15) is 11.0 Å². The number of hydrogen-bond donors (Lipinski definition) is 2. The van der Waals surface area contributed by atoms with Crippen LogP contribution >= 0.6 is 11.6 Å². The zero-order chi connectivity index (χ0) is 11.3. The molecule has 0 saturated heterocycles. The molecule has 0 unspecified atom stereocenters. The van der Waals surface area contributed by atoms with Crippen molar-refractivity contribution in [1.29, 1.82) is 0 Å². The lowest BCUT2D eigenvalue weighted by Crippen LogP contribution is -2.13. The molecule has 0 spiro atoms. The third kappa shape index (κ3) is 4.42. The number of nitrogens with zero attached hydrogens (tertiary/aromatic N) is 1. The number of rotatable bonds is 4. The summed E-state index contributed by atoms with van der Waals surface area (Å²) in [6.07, 6.45) is -0.282. The summed E-state index contributed by atoms with van der Waals surface area (Å²) >= 11 is 5.60. The summed E-state index contributed by atoms with van der Waals surface area (Å²) < 4.78 is 0. The molecule has 0 fully saturated rings. The molecular formula is C9H9ClN2O3. The van der Waals surface area contributed by atoms with Crippen molar-refractivity contribution in [2.45, 2.75) is 12.8 Å². The van der Waals surface area contributed by atoms with E-state index in [4.69, 9.17) is 16.7 Å². The van der Waals surface area contributed by atoms with Crippen LogP contribution in [-0.2, 0) is 9.59 Å². The van der Waals surface area contributed by atoms with E-state index in [0.29, 0.717) is 5.82 Å². The molecule has 0 atom stereocenters. The maximum absolute atomic E-state index is 11.2. The zero-order valence-electron chi connectivity index (χ0n) is 7.74. The number of carbonyl (C=O) groups is 2. The van der Waals surface area contributed by atoms with Crippen LogP contribution in [0.4, 0.5) is 5.82 Å². The molecule has 0 bridgehead atoms. The van der Waals surface area contributed by atoms with E-state index in [1.807, 2.05) is 0 Å². The minimum Gasteiger partial charge on any atom is -0.481 e. The molecule has 1 heterocycles. The molecule has 0 saturated carbocycles. The molecule has 6 heteroatoms. The van der Waals surface area contributed by atoms with Gasteiger partial charge < -0.3 is 10.4 Å². The highest BCUT2D eigenvalue weighted by molar-refractivity contribution is 6.29. The first-order valence-electron chi connectivity index (χ1n) is 4.22. The van der Waals surface area contributed by atoms with Gasteiger partial charge in [-0.2, -0.15) is 0 Å². The normalized spacial score (nSPS) is 9.67. The Morgan fingerprint density at radius 3 is 2.73 bits per heavy atom. The fourth-order valence-electron chi connectivity index (χ4n) is 0.904. The monoisotopic (exact) mass is 228 g/mol. The Morgan fingerprint density at radius 2 is 2.13 bits per heavy atom. The number of halogens is 1. The molecule has 0 aliphatic rings. The Labute approximate surface area is 91.1 Å². The Balaban J connectivity index is 2.48. The Kier molecular flexibility index (Phi) is 4.05. The van der Waals surface area contributed by atoms with Crippen molar-refractivity contribution < 1.29 is 14.7 Å². The van der Waals surface area contributed by atoms with Crippen LogP contribution in [0.1, 0.15) is 12.8 Å². The van der Waals surface area contributed by atoms with E-state index >= 15 is 0 Å². The number of carboxylic acid groups (broad SMARTS) is 1. The Bertz CT molecular complexity index is 381. The molecule has 0 aliphatic heterocycles. The third-order valence-corrected chi connectivity index (χ3v) is 1.76. The highest BCUT2D eigenvalue weighted by Crippen LogP contribution is 2.09. The van der Waals surface area contributed by atoms with Gasteiger partial charge in [-0.05, 0) is 12.1 Å². The molecule has 0 aromatic carbocycles. The average Bonchev–Trinajstić information content (AvgIpc) is 2.15. The van der Waals surface area contributed by atoms with E-state index in [2.05, 4.69) is 10.3 Å². The number of hydrogen-bond acceptors (Lipinski definition) is 3. The van der Waals surface area contributed by atoms with Crippen molar-refractivity contribution in [3.63, 3.8) is 0 Å². The van der Waals surface area contributed by atoms with E-state index < -0.39 is 11.9 Å². The van der Waals surface area contributed by atoms with Crippen LogP contribution in [0.3, 0.4) is 0 Å². The molecule has 0 aliphatic carbocycles. The van der Waals surface area contributed by atoms with E-state index in [-0.39, 0.29) is 18.0 Å². The second-order valence-corrected chi connectivity index (χ2v) is 3.17. The fourth-order valence-corrected chi connectivity index (χ4v) is 1.07. The van der Waals surface area contributed by atoms with Crippen LogP contribution in [0.15, 0.2) is 18.2 Å². The maximum atomic E-state index is 11.2. The number of carbonyl (C=O) groups excluding carboxylic acids is 1. The van der Waals surface area contributed by atoms with Gasteiger partial charge in [-0.25, -0.2) is 4.98 Å². The second-order valence-electron chi connectivity index (χ2n) is 2.79. The summed E-state index contributed by atoms with van der Waals surface area (Å²) in [5.74, 6) is -1.09. The van der Waals surface area contributed by atoms with Gasteiger partial charge in [0.05, 0.1) is 6.42 Å². The van der Waals surface area contributed by atoms with Crippen molar-refractivity contribution >= 4 is 29.3 Å². The molecule has 1 aromatic heterocycles. The van der Waals surface area contributed by atoms with E-state index in [9.17, 15) is 9.59 Å². The number of nitrogens with one attached hydrogen (secondary N) is 1. The summed E-state index contributed by atoms with van der Waals surface area (Å²) in [5, 5.41) is 11.1. The lowest BCUT2D eigenvalue weighted by Gasteiger charge is -2.02. The number of aliphatic carboxylic acids is 1. The predicted molar refractivity (Wildman–Crippen MR) is 54.7 cm³/mol. The zero-order valence-corrected chi connectivity index (χ0v) is 8.49. The van der Waals surface area contributed by atoms with E-state index in [0.717, 1.165) is 0 Å². The second kappa shape index (κ2) is 5.31. The predicted octanol–water partition coefficient (Wildman–Crippen LogP) is 1.54. The topological polar surface area (TPSA) is 79.3 Å². The first kappa shape index (κ1) is 11.5. The summed E-state index contributed by atoms with van der Waals surface area (Å²) in [7, 11) is 0. The summed E-state index contributed by atoms with van der Waals surface area (Å²) in [6, 6.07) is 4.79. The lowest BCUT2D eigenvalue weighted by atomic mass is 10.3. The van der Waals surface area contributed by atoms with Crippen LogP contribution in [0.2, 0.25) is 5.15 Å². The number of amides is 1. The van der Waals surface area contributed by atoms with E-state index in [1.54, 1.807) is 18.2 Å². The highest BCUT2D eigenvalue weighted by Gasteiger charge is 2.06. The molecule has 0 radical (unpaired) electrons. The van der Waals surface area contributed by atoms with E-state index in [1.165, 1.54) is 0 Å². The van der Waals surface area contributed by atoms with Crippen LogP contribution in [-0.4, -0.2) is 22.0 Å². The molecule has 1 rings (SSSR count). The van der Waals surface area contributed by atoms with Gasteiger partial charge in [0.25, 0.3) is 0 Å². The molecule has 2 N–H and O–H groups in total. The smallest absolute Gasteiger partial charge is 0.303 e. The third-order valence-electron chi connectivity index (χ3n) is 1.55. The molecule has 15 heavy (non-hydrogen) atoms. The van der Waals surface area contributed by atoms with Crippen LogP contribution < -0.4 is 5.32 Å². The van der Waals surface area contributed by atoms with Crippen LogP contribution in [0, 0.1) is 0 Å². The highest BCUT2D eigenvalue weighted by atomic mass is 35.5. The largest absolute Gasteiger partial charge is 0.481 e. The standard InChI is InChI=1S/C9H9ClN2O3/c10-6-2-1-3-7(11-6)12-8(13)4-5-9(14)15/h1-3H,4-5H2,(H,14,15)(H,11,12,13). The fraction of sp³-hybridized carbons (Fsp3) is 0.222. The van der Waals surface area contributed by atoms with Crippen molar-refractivity contribution in [2.24, 2.45) is 0 Å². The van der Waals surface area contributed by atoms with Gasteiger partial charge >= 0.3 is 5.97 Å². The van der Waals surface area contributed by atoms with Gasteiger partial charge in [-0.3, -0.25) is 9.59 Å². The number of aromatic nitrogens is 1. The molecule has 1 amide bonds. The maximum Gasteiger partial charge on any atom is 0.303 e. The van der Waals surface area contributed by atoms with Gasteiger partial charge in [0.15, 0.2) is 0 Å². The number of carboxylic acids is 1. The average molecular weight is 229 g/mol. The first-order valence-corrected chi connectivity index (χ1v) is 4.60. The lowest BCUT2D eigenvalue weighted by molar-refractivity contribution is -0.138. The summed E-state index contributed by atoms with van der Waals surface area (Å²) in [4.78, 5) is 25.2. The summed E-state index contributed by atoms with van der Waals surface area (Å²) in [5.41, 5.74) is 0.